The summed E-state index contributed by atoms with van der Waals surface area (Å²) in [5, 5.41) is 3.02. The van der Waals surface area contributed by atoms with E-state index < -0.39 is 10.0 Å². The number of carbonyl (C=O) groups excluding carboxylic acids is 1. The fourth-order valence-electron chi connectivity index (χ4n) is 2.00. The summed E-state index contributed by atoms with van der Waals surface area (Å²) in [5.74, 6) is -0.373. The molecule has 8 heteroatoms. The molecular weight excluding hydrogens is 256 g/mol. The summed E-state index contributed by atoms with van der Waals surface area (Å²) in [7, 11) is -3.10. The minimum absolute atomic E-state index is 0.373. The second-order valence-corrected chi connectivity index (χ2v) is 6.46. The molecule has 1 aliphatic rings. The number of amides is 1. The van der Waals surface area contributed by atoms with E-state index in [4.69, 9.17) is 5.73 Å². The number of hydrogen-bond donors (Lipinski definition) is 2. The first-order valence-electron chi connectivity index (χ1n) is 6.04. The quantitative estimate of drug-likeness (QED) is 0.587. The highest BCUT2D eigenvalue weighted by Crippen LogP contribution is 2.06. The van der Waals surface area contributed by atoms with Crippen LogP contribution in [0, 0.1) is 0 Å². The van der Waals surface area contributed by atoms with Crippen molar-refractivity contribution in [3.63, 3.8) is 0 Å². The van der Waals surface area contributed by atoms with Gasteiger partial charge >= 0.3 is 0 Å². The topological polar surface area (TPSA) is 95.7 Å². The molecule has 106 valence electrons. The SMILES string of the molecule is CCNC(CN1CCN(S(C)(=O)=O)CC1)C(N)=O. The zero-order chi connectivity index (χ0) is 13.8. The highest BCUT2D eigenvalue weighted by molar-refractivity contribution is 7.88. The molecule has 1 rings (SSSR count). The van der Waals surface area contributed by atoms with Crippen LogP contribution < -0.4 is 11.1 Å². The van der Waals surface area contributed by atoms with Gasteiger partial charge < -0.3 is 11.1 Å². The molecular formula is C10H22N4O3S. The number of hydrogen-bond acceptors (Lipinski definition) is 5. The number of carbonyl (C=O) groups is 1. The predicted octanol–water partition coefficient (Wildman–Crippen LogP) is -1.97. The average molecular weight is 278 g/mol. The van der Waals surface area contributed by atoms with Crippen molar-refractivity contribution < 1.29 is 13.2 Å². The third-order valence-electron chi connectivity index (χ3n) is 3.04. The molecule has 1 heterocycles. The van der Waals surface area contributed by atoms with Crippen molar-refractivity contribution in [1.29, 1.82) is 0 Å². The molecule has 7 nitrogen and oxygen atoms in total. The highest BCUT2D eigenvalue weighted by Gasteiger charge is 2.25. The van der Waals surface area contributed by atoms with Crippen LogP contribution in [0.2, 0.25) is 0 Å². The van der Waals surface area contributed by atoms with Crippen molar-refractivity contribution in [2.45, 2.75) is 13.0 Å². The molecule has 1 amide bonds. The second-order valence-electron chi connectivity index (χ2n) is 4.48. The van der Waals surface area contributed by atoms with E-state index in [2.05, 4.69) is 10.2 Å². The van der Waals surface area contributed by atoms with E-state index in [1.54, 1.807) is 0 Å². The van der Waals surface area contributed by atoms with Crippen LogP contribution in [0.25, 0.3) is 0 Å². The molecule has 0 saturated carbocycles. The predicted molar refractivity (Wildman–Crippen MR) is 69.5 cm³/mol. The molecule has 0 aromatic heterocycles. The van der Waals surface area contributed by atoms with Crippen molar-refractivity contribution in [3.05, 3.63) is 0 Å². The van der Waals surface area contributed by atoms with Crippen molar-refractivity contribution >= 4 is 15.9 Å². The summed E-state index contributed by atoms with van der Waals surface area (Å²) in [6, 6.07) is -0.375. The summed E-state index contributed by atoms with van der Waals surface area (Å²) in [6.45, 7) is 5.31. The summed E-state index contributed by atoms with van der Waals surface area (Å²) in [4.78, 5) is 13.3. The number of primary amides is 1. The Kier molecular flexibility index (Phi) is 5.51. The molecule has 1 fully saturated rings. The van der Waals surface area contributed by atoms with Crippen molar-refractivity contribution in [3.8, 4) is 0 Å². The van der Waals surface area contributed by atoms with E-state index in [0.29, 0.717) is 39.3 Å². The van der Waals surface area contributed by atoms with Crippen molar-refractivity contribution in [2.75, 3.05) is 45.5 Å². The Morgan fingerprint density at radius 1 is 1.33 bits per heavy atom. The number of nitrogens with two attached hydrogens (primary N) is 1. The van der Waals surface area contributed by atoms with Gasteiger partial charge in [0.15, 0.2) is 0 Å². The lowest BCUT2D eigenvalue weighted by Gasteiger charge is -2.34. The van der Waals surface area contributed by atoms with Crippen LogP contribution in [-0.2, 0) is 14.8 Å². The molecule has 1 saturated heterocycles. The first-order valence-corrected chi connectivity index (χ1v) is 7.89. The van der Waals surface area contributed by atoms with Crippen LogP contribution in [0.3, 0.4) is 0 Å². The monoisotopic (exact) mass is 278 g/mol. The number of rotatable bonds is 6. The van der Waals surface area contributed by atoms with Crippen LogP contribution in [0.4, 0.5) is 0 Å². The molecule has 0 bridgehead atoms. The molecule has 0 aromatic carbocycles. The smallest absolute Gasteiger partial charge is 0.235 e. The molecule has 0 aromatic rings. The van der Waals surface area contributed by atoms with E-state index in [9.17, 15) is 13.2 Å². The van der Waals surface area contributed by atoms with Gasteiger partial charge in [-0.2, -0.15) is 4.31 Å². The van der Waals surface area contributed by atoms with Crippen molar-refractivity contribution in [2.24, 2.45) is 5.73 Å². The molecule has 3 N–H and O–H groups in total. The van der Waals surface area contributed by atoms with Gasteiger partial charge in [0.1, 0.15) is 0 Å². The van der Waals surface area contributed by atoms with E-state index in [0.717, 1.165) is 0 Å². The molecule has 0 radical (unpaired) electrons. The van der Waals surface area contributed by atoms with Crippen LogP contribution >= 0.6 is 0 Å². The lowest BCUT2D eigenvalue weighted by Crippen LogP contribution is -2.54. The fourth-order valence-corrected chi connectivity index (χ4v) is 2.83. The van der Waals surface area contributed by atoms with Gasteiger partial charge in [-0.3, -0.25) is 9.69 Å². The van der Waals surface area contributed by atoms with Gasteiger partial charge in [0.25, 0.3) is 0 Å². The maximum absolute atomic E-state index is 11.3. The molecule has 1 aliphatic heterocycles. The van der Waals surface area contributed by atoms with Gasteiger partial charge in [0.05, 0.1) is 12.3 Å². The van der Waals surface area contributed by atoms with Crippen molar-refractivity contribution in [1.82, 2.24) is 14.5 Å². The minimum atomic E-state index is -3.10. The number of nitrogens with one attached hydrogen (secondary N) is 1. The van der Waals surface area contributed by atoms with Gasteiger partial charge in [-0.15, -0.1) is 0 Å². The second kappa shape index (κ2) is 6.46. The van der Waals surface area contributed by atoms with Gasteiger partial charge in [-0.1, -0.05) is 6.92 Å². The lowest BCUT2D eigenvalue weighted by atomic mass is 10.2. The van der Waals surface area contributed by atoms with Crippen LogP contribution in [0.15, 0.2) is 0 Å². The summed E-state index contributed by atoms with van der Waals surface area (Å²) in [6.07, 6.45) is 1.22. The maximum Gasteiger partial charge on any atom is 0.235 e. The highest BCUT2D eigenvalue weighted by atomic mass is 32.2. The Morgan fingerprint density at radius 3 is 2.28 bits per heavy atom. The third-order valence-corrected chi connectivity index (χ3v) is 4.34. The summed E-state index contributed by atoms with van der Waals surface area (Å²) >= 11 is 0. The number of nitrogens with zero attached hydrogens (tertiary/aromatic N) is 2. The first kappa shape index (κ1) is 15.4. The fraction of sp³-hybridized carbons (Fsp3) is 0.900. The van der Waals surface area contributed by atoms with E-state index in [1.165, 1.54) is 10.6 Å². The maximum atomic E-state index is 11.3. The normalized spacial score (nSPS) is 20.8. The third kappa shape index (κ3) is 4.52. The first-order chi connectivity index (χ1) is 8.34. The molecule has 0 spiro atoms. The van der Waals surface area contributed by atoms with Crippen LogP contribution in [0.1, 0.15) is 6.92 Å². The molecule has 1 unspecified atom stereocenters. The Morgan fingerprint density at radius 2 is 1.89 bits per heavy atom. The molecule has 1 atom stereocenters. The Balaban J connectivity index is 2.45. The van der Waals surface area contributed by atoms with Crippen LogP contribution in [-0.4, -0.2) is 75.1 Å². The zero-order valence-electron chi connectivity index (χ0n) is 10.9. The van der Waals surface area contributed by atoms with Gasteiger partial charge in [0, 0.05) is 32.7 Å². The summed E-state index contributed by atoms with van der Waals surface area (Å²) in [5.41, 5.74) is 5.30. The Hall–Kier alpha value is -0.700. The number of likely N-dealkylation sites (N-methyl/N-ethyl adjacent to an activating group) is 1. The van der Waals surface area contributed by atoms with Crippen LogP contribution in [0.5, 0.6) is 0 Å². The minimum Gasteiger partial charge on any atom is -0.368 e. The van der Waals surface area contributed by atoms with E-state index in [-0.39, 0.29) is 11.9 Å². The Labute approximate surface area is 108 Å². The molecule has 0 aliphatic carbocycles. The average Bonchev–Trinajstić information content (AvgIpc) is 2.28. The largest absolute Gasteiger partial charge is 0.368 e. The lowest BCUT2D eigenvalue weighted by molar-refractivity contribution is -0.120. The standard InChI is InChI=1S/C10H22N4O3S/c1-3-12-9(10(11)15)8-13-4-6-14(7-5-13)18(2,16)17/h9,12H,3-8H2,1-2H3,(H2,11,15). The number of sulfonamides is 1. The van der Waals surface area contributed by atoms with E-state index in [1.807, 2.05) is 6.92 Å². The van der Waals surface area contributed by atoms with Gasteiger partial charge in [-0.05, 0) is 6.54 Å². The van der Waals surface area contributed by atoms with Gasteiger partial charge in [0.2, 0.25) is 15.9 Å². The Bertz CT molecular complexity index is 377. The zero-order valence-corrected chi connectivity index (χ0v) is 11.7. The summed E-state index contributed by atoms with van der Waals surface area (Å²) < 4.78 is 24.1. The van der Waals surface area contributed by atoms with Gasteiger partial charge in [-0.25, -0.2) is 8.42 Å². The number of piperazine rings is 1. The van der Waals surface area contributed by atoms with E-state index >= 15 is 0 Å². The molecule has 18 heavy (non-hydrogen) atoms.